The van der Waals surface area contributed by atoms with Crippen LogP contribution in [0.25, 0.3) is 11.4 Å². The lowest BCUT2D eigenvalue weighted by atomic mass is 9.95. The quantitative estimate of drug-likeness (QED) is 0.922. The molecular formula is C15H19N3O3S. The minimum atomic E-state index is -3.19. The zero-order chi connectivity index (χ0) is 15.6. The topological polar surface area (TPSA) is 85.1 Å². The normalized spacial score (nSPS) is 16.8. The molecule has 1 aliphatic rings. The van der Waals surface area contributed by atoms with Gasteiger partial charge in [-0.2, -0.15) is 4.98 Å². The van der Waals surface area contributed by atoms with Crippen molar-refractivity contribution in [2.45, 2.75) is 24.2 Å². The molecule has 22 heavy (non-hydrogen) atoms. The van der Waals surface area contributed by atoms with Gasteiger partial charge in [0.05, 0.1) is 4.90 Å². The molecule has 0 aliphatic carbocycles. The Bertz CT molecular complexity index is 732. The Labute approximate surface area is 129 Å². The average Bonchev–Trinajstić information content (AvgIpc) is 2.96. The first-order valence-electron chi connectivity index (χ1n) is 7.36. The fourth-order valence-electron chi connectivity index (χ4n) is 2.64. The summed E-state index contributed by atoms with van der Waals surface area (Å²) < 4.78 is 28.2. The molecule has 2 aromatic rings. The summed E-state index contributed by atoms with van der Waals surface area (Å²) in [5.41, 5.74) is 0.757. The standard InChI is InChI=1S/C15H19N3O3S/c1-22(19,20)13-4-2-12(3-5-13)15-17-14(21-18-15)10-11-6-8-16-9-7-11/h2-5,11,16H,6-10H2,1H3. The first-order valence-corrected chi connectivity index (χ1v) is 9.25. The lowest BCUT2D eigenvalue weighted by Gasteiger charge is -2.20. The van der Waals surface area contributed by atoms with E-state index in [0.29, 0.717) is 17.6 Å². The minimum absolute atomic E-state index is 0.287. The highest BCUT2D eigenvalue weighted by atomic mass is 32.2. The van der Waals surface area contributed by atoms with Crippen LogP contribution in [0.1, 0.15) is 18.7 Å². The molecule has 1 aromatic carbocycles. The van der Waals surface area contributed by atoms with E-state index in [2.05, 4.69) is 15.5 Å². The van der Waals surface area contributed by atoms with Crippen molar-refractivity contribution in [1.29, 1.82) is 0 Å². The Hall–Kier alpha value is -1.73. The molecule has 7 heteroatoms. The number of rotatable bonds is 4. The lowest BCUT2D eigenvalue weighted by Crippen LogP contribution is -2.28. The van der Waals surface area contributed by atoms with Crippen molar-refractivity contribution in [1.82, 2.24) is 15.5 Å². The number of hydrogen-bond acceptors (Lipinski definition) is 6. The summed E-state index contributed by atoms with van der Waals surface area (Å²) in [5.74, 6) is 1.74. The number of benzene rings is 1. The third kappa shape index (κ3) is 3.53. The van der Waals surface area contributed by atoms with Gasteiger partial charge in [0.2, 0.25) is 11.7 Å². The molecule has 118 valence electrons. The van der Waals surface area contributed by atoms with E-state index < -0.39 is 9.84 Å². The predicted octanol–water partition coefficient (Wildman–Crippen LogP) is 1.68. The van der Waals surface area contributed by atoms with Crippen LogP contribution < -0.4 is 5.32 Å². The van der Waals surface area contributed by atoms with Gasteiger partial charge >= 0.3 is 0 Å². The maximum atomic E-state index is 11.5. The zero-order valence-corrected chi connectivity index (χ0v) is 13.3. The SMILES string of the molecule is CS(=O)(=O)c1ccc(-c2noc(CC3CCNCC3)n2)cc1. The van der Waals surface area contributed by atoms with Crippen LogP contribution in [0.2, 0.25) is 0 Å². The Kier molecular flexibility index (Phi) is 4.26. The molecule has 0 saturated carbocycles. The van der Waals surface area contributed by atoms with Gasteiger partial charge in [-0.15, -0.1) is 0 Å². The molecule has 1 aromatic heterocycles. The van der Waals surface area contributed by atoms with E-state index in [1.165, 1.54) is 6.26 Å². The van der Waals surface area contributed by atoms with Gasteiger partial charge in [0, 0.05) is 18.2 Å². The highest BCUT2D eigenvalue weighted by molar-refractivity contribution is 7.90. The summed E-state index contributed by atoms with van der Waals surface area (Å²) in [7, 11) is -3.19. The second-order valence-electron chi connectivity index (χ2n) is 5.71. The van der Waals surface area contributed by atoms with E-state index >= 15 is 0 Å². The predicted molar refractivity (Wildman–Crippen MR) is 82.1 cm³/mol. The van der Waals surface area contributed by atoms with Crippen LogP contribution in [0.4, 0.5) is 0 Å². The van der Waals surface area contributed by atoms with Crippen molar-refractivity contribution in [3.63, 3.8) is 0 Å². The maximum absolute atomic E-state index is 11.5. The summed E-state index contributed by atoms with van der Waals surface area (Å²) in [6, 6.07) is 6.53. The molecule has 0 atom stereocenters. The van der Waals surface area contributed by atoms with Gasteiger partial charge in [0.25, 0.3) is 0 Å². The van der Waals surface area contributed by atoms with Crippen LogP contribution in [0.15, 0.2) is 33.7 Å². The number of aromatic nitrogens is 2. The highest BCUT2D eigenvalue weighted by Gasteiger charge is 2.18. The van der Waals surface area contributed by atoms with Crippen LogP contribution in [0.3, 0.4) is 0 Å². The first-order chi connectivity index (χ1) is 10.5. The smallest absolute Gasteiger partial charge is 0.227 e. The summed E-state index contributed by atoms with van der Waals surface area (Å²) in [6.07, 6.45) is 4.24. The second-order valence-corrected chi connectivity index (χ2v) is 7.72. The van der Waals surface area contributed by atoms with E-state index in [-0.39, 0.29) is 4.90 Å². The lowest BCUT2D eigenvalue weighted by molar-refractivity contribution is 0.313. The van der Waals surface area contributed by atoms with Crippen LogP contribution >= 0.6 is 0 Å². The highest BCUT2D eigenvalue weighted by Crippen LogP contribution is 2.21. The third-order valence-electron chi connectivity index (χ3n) is 3.93. The van der Waals surface area contributed by atoms with Gasteiger partial charge in [0.15, 0.2) is 9.84 Å². The summed E-state index contributed by atoms with van der Waals surface area (Å²) in [5, 5.41) is 7.33. The largest absolute Gasteiger partial charge is 0.339 e. The number of nitrogens with zero attached hydrogens (tertiary/aromatic N) is 2. The first kappa shape index (κ1) is 15.2. The number of sulfone groups is 1. The van der Waals surface area contributed by atoms with E-state index in [1.54, 1.807) is 24.3 Å². The number of piperidine rings is 1. The van der Waals surface area contributed by atoms with Crippen molar-refractivity contribution >= 4 is 9.84 Å². The fraction of sp³-hybridized carbons (Fsp3) is 0.467. The Morgan fingerprint density at radius 3 is 2.55 bits per heavy atom. The molecule has 3 rings (SSSR count). The second kappa shape index (κ2) is 6.18. The molecule has 1 fully saturated rings. The van der Waals surface area contributed by atoms with E-state index in [1.807, 2.05) is 0 Å². The van der Waals surface area contributed by atoms with Gasteiger partial charge < -0.3 is 9.84 Å². The van der Waals surface area contributed by atoms with Crippen molar-refractivity contribution in [3.8, 4) is 11.4 Å². The molecule has 6 nitrogen and oxygen atoms in total. The van der Waals surface area contributed by atoms with Gasteiger partial charge in [-0.1, -0.05) is 5.16 Å². The molecule has 0 radical (unpaired) electrons. The molecule has 0 bridgehead atoms. The van der Waals surface area contributed by atoms with Crippen LogP contribution in [0.5, 0.6) is 0 Å². The molecule has 1 saturated heterocycles. The third-order valence-corrected chi connectivity index (χ3v) is 5.06. The number of hydrogen-bond donors (Lipinski definition) is 1. The Morgan fingerprint density at radius 1 is 1.23 bits per heavy atom. The van der Waals surface area contributed by atoms with Crippen LogP contribution in [-0.2, 0) is 16.3 Å². The fourth-order valence-corrected chi connectivity index (χ4v) is 3.27. The molecule has 0 amide bonds. The van der Waals surface area contributed by atoms with Gasteiger partial charge in [-0.3, -0.25) is 0 Å². The van der Waals surface area contributed by atoms with Crippen LogP contribution in [-0.4, -0.2) is 37.9 Å². The summed E-state index contributed by atoms with van der Waals surface area (Å²) in [4.78, 5) is 4.71. The van der Waals surface area contributed by atoms with Crippen molar-refractivity contribution < 1.29 is 12.9 Å². The summed E-state index contributed by atoms with van der Waals surface area (Å²) >= 11 is 0. The molecule has 0 spiro atoms. The van der Waals surface area contributed by atoms with E-state index in [4.69, 9.17) is 4.52 Å². The summed E-state index contributed by atoms with van der Waals surface area (Å²) in [6.45, 7) is 2.08. The maximum Gasteiger partial charge on any atom is 0.227 e. The Balaban J connectivity index is 1.73. The van der Waals surface area contributed by atoms with E-state index in [9.17, 15) is 8.42 Å². The molecule has 2 heterocycles. The monoisotopic (exact) mass is 321 g/mol. The zero-order valence-electron chi connectivity index (χ0n) is 12.4. The van der Waals surface area contributed by atoms with Gasteiger partial charge in [-0.05, 0) is 56.1 Å². The Morgan fingerprint density at radius 2 is 1.91 bits per heavy atom. The molecule has 1 N–H and O–H groups in total. The molecule has 0 unspecified atom stereocenters. The molecular weight excluding hydrogens is 302 g/mol. The van der Waals surface area contributed by atoms with Crippen LogP contribution in [0, 0.1) is 5.92 Å². The average molecular weight is 321 g/mol. The van der Waals surface area contributed by atoms with Crippen molar-refractivity contribution in [2.24, 2.45) is 5.92 Å². The minimum Gasteiger partial charge on any atom is -0.339 e. The van der Waals surface area contributed by atoms with Gasteiger partial charge in [0.1, 0.15) is 0 Å². The van der Waals surface area contributed by atoms with Gasteiger partial charge in [-0.25, -0.2) is 8.42 Å². The van der Waals surface area contributed by atoms with Crippen molar-refractivity contribution in [2.75, 3.05) is 19.3 Å². The van der Waals surface area contributed by atoms with Crippen molar-refractivity contribution in [3.05, 3.63) is 30.2 Å². The number of nitrogens with one attached hydrogen (secondary N) is 1. The molecule has 1 aliphatic heterocycles. The van der Waals surface area contributed by atoms with E-state index in [0.717, 1.165) is 37.9 Å².